The molecule has 5 rings (SSSR count). The molecule has 0 fully saturated rings. The summed E-state index contributed by atoms with van der Waals surface area (Å²) in [4.78, 5) is 28.2. The van der Waals surface area contributed by atoms with Gasteiger partial charge in [0.2, 0.25) is 5.75 Å². The van der Waals surface area contributed by atoms with Crippen LogP contribution in [0.15, 0.2) is 96.8 Å². The summed E-state index contributed by atoms with van der Waals surface area (Å²) in [6.07, 6.45) is 5.31. The van der Waals surface area contributed by atoms with Gasteiger partial charge in [-0.15, -0.1) is 11.3 Å². The Kier molecular flexibility index (Phi) is 7.65. The van der Waals surface area contributed by atoms with E-state index in [-0.39, 0.29) is 30.1 Å². The summed E-state index contributed by atoms with van der Waals surface area (Å²) in [5, 5.41) is 2.56. The number of hydrogen-bond donors (Lipinski definition) is 0. The van der Waals surface area contributed by atoms with Crippen molar-refractivity contribution < 1.29 is 18.7 Å². The average molecular weight is 527 g/mol. The highest BCUT2D eigenvalue weighted by Gasteiger charge is 2.20. The van der Waals surface area contributed by atoms with E-state index in [0.29, 0.717) is 28.6 Å². The lowest BCUT2D eigenvalue weighted by Gasteiger charge is -2.24. The van der Waals surface area contributed by atoms with Crippen molar-refractivity contribution in [2.24, 2.45) is 0 Å². The molecule has 5 aromatic rings. The van der Waals surface area contributed by atoms with E-state index in [1.165, 1.54) is 24.5 Å². The van der Waals surface area contributed by atoms with Crippen molar-refractivity contribution in [2.75, 3.05) is 12.0 Å². The number of carbonyl (C=O) groups excluding carboxylic acids is 1. The van der Waals surface area contributed by atoms with Gasteiger partial charge in [-0.05, 0) is 54.6 Å². The van der Waals surface area contributed by atoms with Crippen LogP contribution in [0.4, 0.5) is 21.7 Å². The van der Waals surface area contributed by atoms with Gasteiger partial charge in [-0.1, -0.05) is 18.2 Å². The summed E-state index contributed by atoms with van der Waals surface area (Å²) in [6.45, 7) is 0. The van der Waals surface area contributed by atoms with Crippen molar-refractivity contribution in [3.05, 3.63) is 113 Å². The van der Waals surface area contributed by atoms with Crippen LogP contribution >= 0.6 is 11.3 Å². The lowest BCUT2D eigenvalue weighted by molar-refractivity contribution is -0.117. The lowest BCUT2D eigenvalue weighted by Crippen LogP contribution is -2.14. The molecule has 3 heterocycles. The second-order valence-electron chi connectivity index (χ2n) is 8.19. The van der Waals surface area contributed by atoms with Crippen molar-refractivity contribution in [2.45, 2.75) is 12.8 Å². The van der Waals surface area contributed by atoms with E-state index in [2.05, 4.69) is 15.0 Å². The smallest absolute Gasteiger partial charge is 0.204 e. The van der Waals surface area contributed by atoms with Gasteiger partial charge in [0.25, 0.3) is 0 Å². The van der Waals surface area contributed by atoms with Gasteiger partial charge in [-0.25, -0.2) is 19.3 Å². The summed E-state index contributed by atoms with van der Waals surface area (Å²) in [5.74, 6) is 1.21. The van der Waals surface area contributed by atoms with E-state index >= 15 is 0 Å². The zero-order valence-corrected chi connectivity index (χ0v) is 21.3. The van der Waals surface area contributed by atoms with Crippen LogP contribution in [0.25, 0.3) is 0 Å². The number of rotatable bonds is 10. The number of halogens is 1. The number of carbonyl (C=O) groups is 1. The van der Waals surface area contributed by atoms with Crippen molar-refractivity contribution in [3.63, 3.8) is 0 Å². The molecule has 0 bridgehead atoms. The fraction of sp³-hybridized carbons (Fsp3) is 0.103. The minimum Gasteiger partial charge on any atom is -0.493 e. The highest BCUT2D eigenvalue weighted by molar-refractivity contribution is 7.09. The number of para-hydroxylation sites is 1. The molecule has 0 aliphatic heterocycles. The Hall–Kier alpha value is -4.63. The number of Topliss-reactive ketones (excluding diaryl/α,β-unsaturated/α-hetero) is 1. The molecule has 0 atom stereocenters. The van der Waals surface area contributed by atoms with Crippen LogP contribution in [0, 0.1) is 5.82 Å². The topological polar surface area (TPSA) is 77.4 Å². The van der Waals surface area contributed by atoms with Gasteiger partial charge in [-0.3, -0.25) is 9.69 Å². The molecule has 0 spiro atoms. The van der Waals surface area contributed by atoms with Crippen molar-refractivity contribution in [3.8, 4) is 17.2 Å². The monoisotopic (exact) mass is 526 g/mol. The Morgan fingerprint density at radius 1 is 0.868 bits per heavy atom. The molecular weight excluding hydrogens is 503 g/mol. The Labute approximate surface area is 223 Å². The zero-order chi connectivity index (χ0) is 26.3. The number of methoxy groups -OCH3 is 1. The predicted octanol–water partition coefficient (Wildman–Crippen LogP) is 6.70. The molecule has 0 radical (unpaired) electrons. The molecular formula is C29H23FN4O3S. The normalized spacial score (nSPS) is 10.7. The third-order valence-corrected chi connectivity index (χ3v) is 6.42. The first-order chi connectivity index (χ1) is 18.6. The minimum atomic E-state index is -0.572. The number of ketones is 1. The van der Waals surface area contributed by atoms with Crippen molar-refractivity contribution in [1.82, 2.24) is 15.0 Å². The maximum absolute atomic E-state index is 14.7. The Bertz CT molecular complexity index is 1480. The number of ether oxygens (including phenoxy) is 2. The van der Waals surface area contributed by atoms with Crippen LogP contribution in [0.5, 0.6) is 17.2 Å². The number of thiazole rings is 1. The van der Waals surface area contributed by atoms with E-state index in [0.717, 1.165) is 5.01 Å². The standard InChI is InChI=1S/C29H23FN4O3S/c1-36-25-8-6-7-23(30)29(25)37-24-12-11-21(17-20(24)18-22(35)19-28-33-15-16-38-28)34(26-9-2-4-13-31-26)27-10-3-5-14-32-27/h2-17H,18-19H2,1H3. The van der Waals surface area contributed by atoms with Gasteiger partial charge < -0.3 is 9.47 Å². The molecule has 0 aliphatic carbocycles. The Balaban J connectivity index is 1.57. The van der Waals surface area contributed by atoms with E-state index in [4.69, 9.17) is 9.47 Å². The molecule has 3 aromatic heterocycles. The van der Waals surface area contributed by atoms with Crippen LogP contribution in [0.1, 0.15) is 10.6 Å². The van der Waals surface area contributed by atoms with Gasteiger partial charge in [0.15, 0.2) is 11.6 Å². The van der Waals surface area contributed by atoms with Gasteiger partial charge in [0.05, 0.1) is 18.5 Å². The number of hydrogen-bond acceptors (Lipinski definition) is 8. The molecule has 0 amide bonds. The Morgan fingerprint density at radius 3 is 2.26 bits per heavy atom. The van der Waals surface area contributed by atoms with Crippen LogP contribution in [0.2, 0.25) is 0 Å². The van der Waals surface area contributed by atoms with E-state index < -0.39 is 5.82 Å². The molecule has 0 aliphatic rings. The van der Waals surface area contributed by atoms with Crippen LogP contribution in [-0.4, -0.2) is 27.8 Å². The molecule has 38 heavy (non-hydrogen) atoms. The van der Waals surface area contributed by atoms with Gasteiger partial charge in [0, 0.05) is 41.6 Å². The third-order valence-electron chi connectivity index (χ3n) is 5.64. The van der Waals surface area contributed by atoms with Crippen molar-refractivity contribution >= 4 is 34.4 Å². The number of benzene rings is 2. The lowest BCUT2D eigenvalue weighted by atomic mass is 10.0. The molecule has 9 heteroatoms. The Morgan fingerprint density at radius 2 is 1.63 bits per heavy atom. The molecule has 2 aromatic carbocycles. The van der Waals surface area contributed by atoms with Gasteiger partial charge in [0.1, 0.15) is 23.2 Å². The highest BCUT2D eigenvalue weighted by Crippen LogP contribution is 2.39. The summed E-state index contributed by atoms with van der Waals surface area (Å²) in [5.41, 5.74) is 1.29. The zero-order valence-electron chi connectivity index (χ0n) is 20.5. The SMILES string of the molecule is COc1cccc(F)c1Oc1ccc(N(c2ccccn2)c2ccccn2)cc1CC(=O)Cc1nccs1. The summed E-state index contributed by atoms with van der Waals surface area (Å²) in [7, 11) is 1.45. The highest BCUT2D eigenvalue weighted by atomic mass is 32.1. The van der Waals surface area contributed by atoms with Gasteiger partial charge in [-0.2, -0.15) is 0 Å². The van der Waals surface area contributed by atoms with Gasteiger partial charge >= 0.3 is 0 Å². The number of pyridine rings is 2. The van der Waals surface area contributed by atoms with Crippen LogP contribution in [-0.2, 0) is 17.6 Å². The van der Waals surface area contributed by atoms with Crippen LogP contribution < -0.4 is 14.4 Å². The van der Waals surface area contributed by atoms with E-state index in [9.17, 15) is 9.18 Å². The largest absolute Gasteiger partial charge is 0.493 e. The minimum absolute atomic E-state index is 0.0512. The number of aromatic nitrogens is 3. The maximum atomic E-state index is 14.7. The summed E-state index contributed by atoms with van der Waals surface area (Å²) < 4.78 is 26.0. The van der Waals surface area contributed by atoms with E-state index in [1.807, 2.05) is 58.8 Å². The second kappa shape index (κ2) is 11.6. The average Bonchev–Trinajstić information content (AvgIpc) is 3.45. The number of nitrogens with zero attached hydrogens (tertiary/aromatic N) is 4. The fourth-order valence-corrected chi connectivity index (χ4v) is 4.58. The molecule has 0 saturated heterocycles. The fourth-order valence-electron chi connectivity index (χ4n) is 3.94. The first-order valence-corrected chi connectivity index (χ1v) is 12.7. The first-order valence-electron chi connectivity index (χ1n) is 11.8. The molecule has 0 N–H and O–H groups in total. The molecule has 190 valence electrons. The quantitative estimate of drug-likeness (QED) is 0.200. The first kappa shape index (κ1) is 25.0. The molecule has 7 nitrogen and oxygen atoms in total. The maximum Gasteiger partial charge on any atom is 0.204 e. The van der Waals surface area contributed by atoms with Crippen molar-refractivity contribution in [1.29, 1.82) is 0 Å². The number of anilines is 3. The summed E-state index contributed by atoms with van der Waals surface area (Å²) in [6, 6.07) is 21.0. The third kappa shape index (κ3) is 5.68. The van der Waals surface area contributed by atoms with E-state index in [1.54, 1.807) is 36.8 Å². The van der Waals surface area contributed by atoms with Crippen LogP contribution in [0.3, 0.4) is 0 Å². The summed E-state index contributed by atoms with van der Waals surface area (Å²) >= 11 is 1.42. The molecule has 0 saturated carbocycles. The molecule has 0 unspecified atom stereocenters. The predicted molar refractivity (Wildman–Crippen MR) is 144 cm³/mol. The second-order valence-corrected chi connectivity index (χ2v) is 9.17.